The van der Waals surface area contributed by atoms with Crippen LogP contribution in [0.15, 0.2) is 24.3 Å². The van der Waals surface area contributed by atoms with E-state index in [2.05, 4.69) is 4.90 Å². The molecule has 1 saturated heterocycles. The molecule has 16 heavy (non-hydrogen) atoms. The number of ether oxygens (including phenoxy) is 1. The van der Waals surface area contributed by atoms with E-state index < -0.39 is 0 Å². The highest BCUT2D eigenvalue weighted by Gasteiger charge is 2.16. The molecule has 0 aliphatic carbocycles. The molecule has 0 unspecified atom stereocenters. The van der Waals surface area contributed by atoms with Crippen molar-refractivity contribution in [2.24, 2.45) is 5.73 Å². The monoisotopic (exact) mass is 286 g/mol. The van der Waals surface area contributed by atoms with Gasteiger partial charge in [-0.05, 0) is 12.1 Å². The fourth-order valence-electron chi connectivity index (χ4n) is 1.76. The second-order valence-corrected chi connectivity index (χ2v) is 3.48. The number of primary amides is 1. The second kappa shape index (κ2) is 5.86. The van der Waals surface area contributed by atoms with Gasteiger partial charge in [0.15, 0.2) is 0 Å². The number of amides is 1. The number of nitrogens with two attached hydrogens (primary N) is 1. The van der Waals surface area contributed by atoms with Gasteiger partial charge in [-0.25, -0.2) is 0 Å². The molecule has 1 aliphatic rings. The molecular weight excluding hydrogens is 272 g/mol. The lowest BCUT2D eigenvalue weighted by Gasteiger charge is -2.29. The lowest BCUT2D eigenvalue weighted by Crippen LogP contribution is -2.37. The van der Waals surface area contributed by atoms with Crippen LogP contribution in [0.5, 0.6) is 0 Å². The Morgan fingerprint density at radius 2 is 1.88 bits per heavy atom. The highest BCUT2D eigenvalue weighted by atomic mass is 79.9. The third-order valence-corrected chi connectivity index (χ3v) is 2.52. The predicted octanol–water partition coefficient (Wildman–Crippen LogP) is 1.20. The lowest BCUT2D eigenvalue weighted by atomic mass is 10.1. The zero-order chi connectivity index (χ0) is 10.7. The summed E-state index contributed by atoms with van der Waals surface area (Å²) in [7, 11) is 0. The van der Waals surface area contributed by atoms with Gasteiger partial charge in [0, 0.05) is 18.8 Å². The molecule has 5 heteroatoms. The van der Waals surface area contributed by atoms with E-state index in [1.54, 1.807) is 6.07 Å². The molecule has 0 radical (unpaired) electrons. The molecule has 1 heterocycles. The number of anilines is 1. The summed E-state index contributed by atoms with van der Waals surface area (Å²) >= 11 is 0. The van der Waals surface area contributed by atoms with E-state index >= 15 is 0 Å². The first kappa shape index (κ1) is 13.0. The summed E-state index contributed by atoms with van der Waals surface area (Å²) in [5.74, 6) is -0.378. The van der Waals surface area contributed by atoms with Crippen LogP contribution in [0.3, 0.4) is 0 Å². The minimum absolute atomic E-state index is 0. The summed E-state index contributed by atoms with van der Waals surface area (Å²) in [5, 5.41) is 0. The molecule has 1 aliphatic heterocycles. The zero-order valence-corrected chi connectivity index (χ0v) is 10.6. The number of benzene rings is 1. The average Bonchev–Trinajstić information content (AvgIpc) is 2.30. The number of hydrogen-bond acceptors (Lipinski definition) is 3. The molecular formula is C11H15BrN2O2. The van der Waals surface area contributed by atoms with E-state index in [0.29, 0.717) is 18.8 Å². The van der Waals surface area contributed by atoms with Crippen LogP contribution in [0.2, 0.25) is 0 Å². The van der Waals surface area contributed by atoms with Crippen molar-refractivity contribution in [2.45, 2.75) is 0 Å². The Morgan fingerprint density at radius 1 is 1.25 bits per heavy atom. The molecule has 1 fully saturated rings. The van der Waals surface area contributed by atoms with Crippen molar-refractivity contribution in [3.8, 4) is 0 Å². The number of nitrogens with zero attached hydrogens (tertiary/aromatic N) is 1. The molecule has 1 aromatic rings. The van der Waals surface area contributed by atoms with Crippen molar-refractivity contribution < 1.29 is 9.53 Å². The van der Waals surface area contributed by atoms with Crippen molar-refractivity contribution in [3.63, 3.8) is 0 Å². The van der Waals surface area contributed by atoms with Gasteiger partial charge in [-0.2, -0.15) is 0 Å². The van der Waals surface area contributed by atoms with E-state index in [1.165, 1.54) is 0 Å². The summed E-state index contributed by atoms with van der Waals surface area (Å²) < 4.78 is 5.26. The Bertz CT molecular complexity index is 365. The van der Waals surface area contributed by atoms with Gasteiger partial charge in [-0.15, -0.1) is 17.0 Å². The molecule has 88 valence electrons. The van der Waals surface area contributed by atoms with Crippen molar-refractivity contribution in [1.82, 2.24) is 0 Å². The van der Waals surface area contributed by atoms with Crippen molar-refractivity contribution in [2.75, 3.05) is 31.2 Å². The molecule has 0 spiro atoms. The van der Waals surface area contributed by atoms with Gasteiger partial charge in [0.2, 0.25) is 0 Å². The van der Waals surface area contributed by atoms with Gasteiger partial charge in [-0.3, -0.25) is 4.79 Å². The van der Waals surface area contributed by atoms with Gasteiger partial charge in [0.25, 0.3) is 5.91 Å². The molecule has 1 amide bonds. The number of halogens is 1. The fourth-order valence-corrected chi connectivity index (χ4v) is 1.76. The summed E-state index contributed by atoms with van der Waals surface area (Å²) in [5.41, 5.74) is 6.82. The third kappa shape index (κ3) is 2.74. The van der Waals surface area contributed by atoms with Crippen LogP contribution in [-0.2, 0) is 4.74 Å². The number of hydrogen-bond donors (Lipinski definition) is 1. The Hall–Kier alpha value is -1.07. The maximum absolute atomic E-state index is 11.2. The first-order chi connectivity index (χ1) is 7.29. The summed E-state index contributed by atoms with van der Waals surface area (Å²) in [4.78, 5) is 13.4. The molecule has 0 aromatic heterocycles. The fraction of sp³-hybridized carbons (Fsp3) is 0.364. The topological polar surface area (TPSA) is 55.6 Å². The minimum atomic E-state index is -0.378. The first-order valence-corrected chi connectivity index (χ1v) is 5.00. The number of carbonyl (C=O) groups excluding carboxylic acids is 1. The van der Waals surface area contributed by atoms with Crippen LogP contribution in [0.4, 0.5) is 5.69 Å². The highest BCUT2D eigenvalue weighted by molar-refractivity contribution is 8.93. The maximum atomic E-state index is 11.2. The van der Waals surface area contributed by atoms with Gasteiger partial charge in [-0.1, -0.05) is 12.1 Å². The Balaban J connectivity index is 0.00000128. The van der Waals surface area contributed by atoms with E-state index in [9.17, 15) is 4.79 Å². The summed E-state index contributed by atoms with van der Waals surface area (Å²) in [6, 6.07) is 7.42. The lowest BCUT2D eigenvalue weighted by molar-refractivity contribution is 0.0998. The van der Waals surface area contributed by atoms with Crippen LogP contribution in [0.25, 0.3) is 0 Å². The van der Waals surface area contributed by atoms with Crippen LogP contribution in [0.1, 0.15) is 10.4 Å². The Labute approximate surface area is 105 Å². The average molecular weight is 287 g/mol. The highest BCUT2D eigenvalue weighted by Crippen LogP contribution is 2.20. The van der Waals surface area contributed by atoms with E-state index in [-0.39, 0.29) is 22.9 Å². The Morgan fingerprint density at radius 3 is 2.50 bits per heavy atom. The quantitative estimate of drug-likeness (QED) is 0.889. The number of rotatable bonds is 2. The van der Waals surface area contributed by atoms with Gasteiger partial charge < -0.3 is 15.4 Å². The predicted molar refractivity (Wildman–Crippen MR) is 68.3 cm³/mol. The van der Waals surface area contributed by atoms with Gasteiger partial charge in [0.1, 0.15) is 0 Å². The minimum Gasteiger partial charge on any atom is -0.378 e. The first-order valence-electron chi connectivity index (χ1n) is 5.00. The molecule has 2 rings (SSSR count). The molecule has 0 bridgehead atoms. The van der Waals surface area contributed by atoms with Crippen molar-refractivity contribution in [1.29, 1.82) is 0 Å². The molecule has 0 atom stereocenters. The largest absolute Gasteiger partial charge is 0.378 e. The van der Waals surface area contributed by atoms with E-state index in [4.69, 9.17) is 10.5 Å². The maximum Gasteiger partial charge on any atom is 0.250 e. The molecule has 4 nitrogen and oxygen atoms in total. The smallest absolute Gasteiger partial charge is 0.250 e. The third-order valence-electron chi connectivity index (χ3n) is 2.52. The van der Waals surface area contributed by atoms with Gasteiger partial charge >= 0.3 is 0 Å². The standard InChI is InChI=1S/C11H14N2O2.BrH/c12-11(14)9-3-1-2-4-10(9)13-5-7-15-8-6-13;/h1-4H,5-8H2,(H2,12,14);1H. The van der Waals surface area contributed by atoms with E-state index in [0.717, 1.165) is 18.8 Å². The van der Waals surface area contributed by atoms with Crippen LogP contribution < -0.4 is 10.6 Å². The molecule has 1 aromatic carbocycles. The van der Waals surface area contributed by atoms with E-state index in [1.807, 2.05) is 18.2 Å². The number of morpholine rings is 1. The van der Waals surface area contributed by atoms with Crippen LogP contribution >= 0.6 is 17.0 Å². The van der Waals surface area contributed by atoms with Crippen LogP contribution in [0, 0.1) is 0 Å². The summed E-state index contributed by atoms with van der Waals surface area (Å²) in [6.07, 6.45) is 0. The van der Waals surface area contributed by atoms with Gasteiger partial charge in [0.05, 0.1) is 18.8 Å². The molecule has 2 N–H and O–H groups in total. The number of para-hydroxylation sites is 1. The zero-order valence-electron chi connectivity index (χ0n) is 8.89. The van der Waals surface area contributed by atoms with Crippen LogP contribution in [-0.4, -0.2) is 32.2 Å². The molecule has 0 saturated carbocycles. The Kier molecular flexibility index (Phi) is 4.76. The number of carbonyl (C=O) groups is 1. The second-order valence-electron chi connectivity index (χ2n) is 3.48. The van der Waals surface area contributed by atoms with Crippen molar-refractivity contribution >= 4 is 28.6 Å². The normalized spacial score (nSPS) is 15.4. The van der Waals surface area contributed by atoms with Crippen molar-refractivity contribution in [3.05, 3.63) is 29.8 Å². The SMILES string of the molecule is Br.NC(=O)c1ccccc1N1CCOCC1. The summed E-state index contributed by atoms with van der Waals surface area (Å²) in [6.45, 7) is 3.02.